The number of rotatable bonds is 3. The van der Waals surface area contributed by atoms with E-state index in [2.05, 4.69) is 26.3 Å². The van der Waals surface area contributed by atoms with Crippen molar-refractivity contribution in [2.75, 3.05) is 5.32 Å². The number of hydrogen-bond acceptors (Lipinski definition) is 3. The average Bonchev–Trinajstić information content (AvgIpc) is 3.19. The maximum Gasteiger partial charge on any atom is 0.265 e. The lowest BCUT2D eigenvalue weighted by Crippen LogP contribution is -2.11. The van der Waals surface area contributed by atoms with Crippen LogP contribution in [-0.2, 0) is 7.05 Å². The van der Waals surface area contributed by atoms with Crippen molar-refractivity contribution in [2.24, 2.45) is 7.05 Å². The zero-order chi connectivity index (χ0) is 19.1. The standard InChI is InChI=1S/C19H12BrClFN3OS/c1-25-19-13(17(24-25)10-2-5-12(21)6-3-10)9-16(27-19)18(26)23-15-7-4-11(20)8-14(15)22/h2-9H,1H3,(H,23,26). The van der Waals surface area contributed by atoms with Gasteiger partial charge in [0.1, 0.15) is 16.3 Å². The Kier molecular flexibility index (Phi) is 4.75. The topological polar surface area (TPSA) is 46.9 Å². The first kappa shape index (κ1) is 18.2. The molecule has 0 aliphatic carbocycles. The second-order valence-electron chi connectivity index (χ2n) is 5.89. The van der Waals surface area contributed by atoms with Crippen LogP contribution in [0.3, 0.4) is 0 Å². The van der Waals surface area contributed by atoms with E-state index in [0.717, 1.165) is 21.5 Å². The molecule has 0 fully saturated rings. The van der Waals surface area contributed by atoms with Gasteiger partial charge in [-0.05, 0) is 36.4 Å². The van der Waals surface area contributed by atoms with Gasteiger partial charge in [0.25, 0.3) is 5.91 Å². The summed E-state index contributed by atoms with van der Waals surface area (Å²) in [4.78, 5) is 13.9. The number of halogens is 3. The first-order valence-corrected chi connectivity index (χ1v) is 9.90. The number of fused-ring (bicyclic) bond motifs is 1. The largest absolute Gasteiger partial charge is 0.319 e. The van der Waals surface area contributed by atoms with Crippen molar-refractivity contribution in [3.05, 3.63) is 68.7 Å². The number of benzene rings is 2. The molecule has 0 spiro atoms. The number of aromatic nitrogens is 2. The van der Waals surface area contributed by atoms with E-state index in [0.29, 0.717) is 14.4 Å². The molecule has 2 heterocycles. The Balaban J connectivity index is 1.70. The molecule has 2 aromatic carbocycles. The fourth-order valence-electron chi connectivity index (χ4n) is 2.75. The molecule has 0 unspecified atom stereocenters. The van der Waals surface area contributed by atoms with Gasteiger partial charge in [-0.2, -0.15) is 5.10 Å². The van der Waals surface area contributed by atoms with E-state index < -0.39 is 5.82 Å². The number of thiophene rings is 1. The van der Waals surface area contributed by atoms with Crippen molar-refractivity contribution in [2.45, 2.75) is 0 Å². The van der Waals surface area contributed by atoms with Crippen molar-refractivity contribution < 1.29 is 9.18 Å². The van der Waals surface area contributed by atoms with Gasteiger partial charge < -0.3 is 5.32 Å². The Hall–Kier alpha value is -2.22. The van der Waals surface area contributed by atoms with Gasteiger partial charge in [-0.25, -0.2) is 4.39 Å². The number of hydrogen-bond donors (Lipinski definition) is 1. The molecule has 0 aliphatic rings. The minimum atomic E-state index is -0.498. The van der Waals surface area contributed by atoms with E-state index in [1.54, 1.807) is 28.9 Å². The van der Waals surface area contributed by atoms with Gasteiger partial charge in [-0.1, -0.05) is 39.7 Å². The molecule has 136 valence electrons. The highest BCUT2D eigenvalue weighted by molar-refractivity contribution is 9.10. The Bertz CT molecular complexity index is 1170. The van der Waals surface area contributed by atoms with Crippen LogP contribution in [0.1, 0.15) is 9.67 Å². The van der Waals surface area contributed by atoms with Gasteiger partial charge in [0.05, 0.1) is 10.6 Å². The van der Waals surface area contributed by atoms with E-state index in [9.17, 15) is 9.18 Å². The number of nitrogens with one attached hydrogen (secondary N) is 1. The lowest BCUT2D eigenvalue weighted by molar-refractivity contribution is 0.103. The molecule has 4 aromatic rings. The average molecular weight is 465 g/mol. The summed E-state index contributed by atoms with van der Waals surface area (Å²) in [6.07, 6.45) is 0. The maximum atomic E-state index is 14.0. The second-order valence-corrected chi connectivity index (χ2v) is 8.27. The highest BCUT2D eigenvalue weighted by Gasteiger charge is 2.18. The van der Waals surface area contributed by atoms with Crippen LogP contribution in [0.15, 0.2) is 53.0 Å². The highest BCUT2D eigenvalue weighted by Crippen LogP contribution is 2.34. The molecule has 1 N–H and O–H groups in total. The molecule has 27 heavy (non-hydrogen) atoms. The van der Waals surface area contributed by atoms with Crippen LogP contribution in [0.25, 0.3) is 21.5 Å². The molecule has 1 amide bonds. The molecule has 0 saturated carbocycles. The third kappa shape index (κ3) is 3.50. The monoisotopic (exact) mass is 463 g/mol. The van der Waals surface area contributed by atoms with Gasteiger partial charge in [0, 0.05) is 27.5 Å². The Morgan fingerprint density at radius 2 is 1.96 bits per heavy atom. The number of amides is 1. The maximum absolute atomic E-state index is 14.0. The highest BCUT2D eigenvalue weighted by atomic mass is 79.9. The fourth-order valence-corrected chi connectivity index (χ4v) is 4.17. The zero-order valence-corrected chi connectivity index (χ0v) is 17.1. The smallest absolute Gasteiger partial charge is 0.265 e. The first-order valence-electron chi connectivity index (χ1n) is 7.91. The van der Waals surface area contributed by atoms with Gasteiger partial charge >= 0.3 is 0 Å². The van der Waals surface area contributed by atoms with Crippen molar-refractivity contribution >= 4 is 60.7 Å². The van der Waals surface area contributed by atoms with E-state index in [1.807, 2.05) is 19.2 Å². The molecule has 0 radical (unpaired) electrons. The van der Waals surface area contributed by atoms with Crippen LogP contribution in [0, 0.1) is 5.82 Å². The molecular weight excluding hydrogens is 453 g/mol. The summed E-state index contributed by atoms with van der Waals surface area (Å²) < 4.78 is 16.3. The van der Waals surface area contributed by atoms with E-state index >= 15 is 0 Å². The lowest BCUT2D eigenvalue weighted by Gasteiger charge is -2.05. The van der Waals surface area contributed by atoms with Crippen molar-refractivity contribution in [3.63, 3.8) is 0 Å². The van der Waals surface area contributed by atoms with Crippen molar-refractivity contribution in [3.8, 4) is 11.3 Å². The quantitative estimate of drug-likeness (QED) is 0.398. The lowest BCUT2D eigenvalue weighted by atomic mass is 10.1. The first-order chi connectivity index (χ1) is 12.9. The molecule has 0 atom stereocenters. The van der Waals surface area contributed by atoms with Crippen LogP contribution >= 0.6 is 38.9 Å². The number of carbonyl (C=O) groups excluding carboxylic acids is 1. The summed E-state index contributed by atoms with van der Waals surface area (Å²) in [5.74, 6) is -0.859. The third-order valence-corrected chi connectivity index (χ3v) is 5.98. The SMILES string of the molecule is Cn1nc(-c2ccc(Cl)cc2)c2cc(C(=O)Nc3ccc(Br)cc3F)sc21. The van der Waals surface area contributed by atoms with Gasteiger partial charge in [0.2, 0.25) is 0 Å². The normalized spacial score (nSPS) is 11.1. The second kappa shape index (κ2) is 7.07. The van der Waals surface area contributed by atoms with Gasteiger partial charge in [0.15, 0.2) is 0 Å². The van der Waals surface area contributed by atoms with Crippen LogP contribution in [0.4, 0.5) is 10.1 Å². The van der Waals surface area contributed by atoms with E-state index in [-0.39, 0.29) is 11.6 Å². The molecule has 4 nitrogen and oxygen atoms in total. The third-order valence-electron chi connectivity index (χ3n) is 4.03. The van der Waals surface area contributed by atoms with Gasteiger partial charge in [-0.3, -0.25) is 9.48 Å². The Morgan fingerprint density at radius 1 is 1.22 bits per heavy atom. The van der Waals surface area contributed by atoms with Crippen LogP contribution in [0.5, 0.6) is 0 Å². The molecule has 0 saturated heterocycles. The predicted molar refractivity (Wildman–Crippen MR) is 111 cm³/mol. The number of aryl methyl sites for hydroxylation is 1. The molecular formula is C19H12BrClFN3OS. The van der Waals surface area contributed by atoms with Crippen molar-refractivity contribution in [1.29, 1.82) is 0 Å². The fraction of sp³-hybridized carbons (Fsp3) is 0.0526. The molecule has 0 aliphatic heterocycles. The summed E-state index contributed by atoms with van der Waals surface area (Å²) in [6.45, 7) is 0. The molecule has 4 rings (SSSR count). The Labute approximate surface area is 171 Å². The summed E-state index contributed by atoms with van der Waals surface area (Å²) in [7, 11) is 1.83. The van der Waals surface area contributed by atoms with E-state index in [1.165, 1.54) is 23.5 Å². The summed E-state index contributed by atoms with van der Waals surface area (Å²) >= 11 is 10.5. The number of carbonyl (C=O) groups is 1. The molecule has 2 aromatic heterocycles. The Morgan fingerprint density at radius 3 is 2.67 bits per heavy atom. The summed E-state index contributed by atoms with van der Waals surface area (Å²) in [6, 6.07) is 13.7. The predicted octanol–water partition coefficient (Wildman–Crippen LogP) is 6.11. The number of nitrogens with zero attached hydrogens (tertiary/aromatic N) is 2. The molecule has 0 bridgehead atoms. The van der Waals surface area contributed by atoms with Crippen LogP contribution in [0.2, 0.25) is 5.02 Å². The van der Waals surface area contributed by atoms with E-state index in [4.69, 9.17) is 11.6 Å². The summed E-state index contributed by atoms with van der Waals surface area (Å²) in [5, 5.41) is 8.68. The zero-order valence-electron chi connectivity index (χ0n) is 14.0. The van der Waals surface area contributed by atoms with Crippen LogP contribution < -0.4 is 5.32 Å². The number of anilines is 1. The van der Waals surface area contributed by atoms with Gasteiger partial charge in [-0.15, -0.1) is 11.3 Å². The van der Waals surface area contributed by atoms with Crippen molar-refractivity contribution in [1.82, 2.24) is 9.78 Å². The minimum Gasteiger partial charge on any atom is -0.319 e. The molecule has 8 heteroatoms. The van der Waals surface area contributed by atoms with Crippen LogP contribution in [-0.4, -0.2) is 15.7 Å². The minimum absolute atomic E-state index is 0.136. The summed E-state index contributed by atoms with van der Waals surface area (Å²) in [5.41, 5.74) is 1.82.